The molecule has 9 nitrogen and oxygen atoms in total. The van der Waals surface area contributed by atoms with Gasteiger partial charge in [-0.25, -0.2) is 14.8 Å². The number of benzene rings is 2. The summed E-state index contributed by atoms with van der Waals surface area (Å²) in [7, 11) is 1.26. The summed E-state index contributed by atoms with van der Waals surface area (Å²) in [4.78, 5) is 31.0. The van der Waals surface area contributed by atoms with E-state index in [1.807, 2.05) is 6.07 Å². The van der Waals surface area contributed by atoms with Gasteiger partial charge in [-0.15, -0.1) is 0 Å². The number of carbonyl (C=O) groups is 1. The highest BCUT2D eigenvalue weighted by Gasteiger charge is 2.24. The van der Waals surface area contributed by atoms with Crippen LogP contribution in [-0.2, 0) is 4.74 Å². The molecule has 0 aliphatic heterocycles. The molecule has 0 atom stereocenters. The third-order valence-corrected chi connectivity index (χ3v) is 4.17. The summed E-state index contributed by atoms with van der Waals surface area (Å²) in [5, 5.41) is 17.5. The first-order valence-electron chi connectivity index (χ1n) is 7.96. The Balaban J connectivity index is 2.01. The SMILES string of the molecule is COC(=O)c1ccccc1Nc1ncnc(Nc2cccc(Br)c2)c1[N+](=O)[O-]. The molecule has 0 unspecified atom stereocenters. The molecule has 142 valence electrons. The summed E-state index contributed by atoms with van der Waals surface area (Å²) >= 11 is 3.35. The van der Waals surface area contributed by atoms with Crippen LogP contribution < -0.4 is 10.6 Å². The Morgan fingerprint density at radius 3 is 2.50 bits per heavy atom. The Bertz CT molecular complexity index is 1040. The molecule has 3 rings (SSSR count). The monoisotopic (exact) mass is 443 g/mol. The lowest BCUT2D eigenvalue weighted by atomic mass is 10.2. The summed E-state index contributed by atoms with van der Waals surface area (Å²) in [6, 6.07) is 13.6. The van der Waals surface area contributed by atoms with Gasteiger partial charge in [0.25, 0.3) is 0 Å². The van der Waals surface area contributed by atoms with E-state index in [0.717, 1.165) is 4.47 Å². The second-order valence-corrected chi connectivity index (χ2v) is 6.39. The molecule has 0 saturated carbocycles. The normalized spacial score (nSPS) is 10.2. The fourth-order valence-electron chi connectivity index (χ4n) is 2.45. The van der Waals surface area contributed by atoms with Crippen LogP contribution in [0.15, 0.2) is 59.3 Å². The molecule has 1 aromatic heterocycles. The standard InChI is InChI=1S/C18H14BrN5O4/c1-28-18(25)13-7-2-3-8-14(13)23-17-15(24(26)27)16(20-10-21-17)22-12-6-4-5-11(19)9-12/h2-10H,1H3,(H2,20,21,22,23). The summed E-state index contributed by atoms with van der Waals surface area (Å²) in [5.74, 6) is -0.628. The van der Waals surface area contributed by atoms with Crippen molar-refractivity contribution < 1.29 is 14.5 Å². The second kappa shape index (κ2) is 8.44. The van der Waals surface area contributed by atoms with E-state index in [9.17, 15) is 14.9 Å². The molecule has 0 aliphatic rings. The van der Waals surface area contributed by atoms with Gasteiger partial charge in [0, 0.05) is 10.2 Å². The maximum Gasteiger partial charge on any atom is 0.353 e. The van der Waals surface area contributed by atoms with E-state index in [0.29, 0.717) is 11.4 Å². The van der Waals surface area contributed by atoms with E-state index < -0.39 is 10.9 Å². The molecule has 2 aromatic carbocycles. The Morgan fingerprint density at radius 1 is 1.11 bits per heavy atom. The lowest BCUT2D eigenvalue weighted by molar-refractivity contribution is -0.383. The number of rotatable bonds is 6. The number of aromatic nitrogens is 2. The number of halogens is 1. The Hall–Kier alpha value is -3.53. The number of nitro groups is 1. The molecular weight excluding hydrogens is 430 g/mol. The third-order valence-electron chi connectivity index (χ3n) is 3.68. The molecule has 0 aliphatic carbocycles. The van der Waals surface area contributed by atoms with Crippen LogP contribution in [0.5, 0.6) is 0 Å². The smallest absolute Gasteiger partial charge is 0.353 e. The van der Waals surface area contributed by atoms with E-state index in [4.69, 9.17) is 4.74 Å². The number of nitrogens with zero attached hydrogens (tertiary/aromatic N) is 3. The average Bonchev–Trinajstić information content (AvgIpc) is 2.68. The summed E-state index contributed by atoms with van der Waals surface area (Å²) in [6.07, 6.45) is 1.19. The topological polar surface area (TPSA) is 119 Å². The number of esters is 1. The number of para-hydroxylation sites is 1. The van der Waals surface area contributed by atoms with E-state index >= 15 is 0 Å². The molecule has 0 fully saturated rings. The molecular formula is C18H14BrN5O4. The van der Waals surface area contributed by atoms with Gasteiger partial charge in [0.05, 0.1) is 23.3 Å². The number of methoxy groups -OCH3 is 1. The maximum absolute atomic E-state index is 11.9. The van der Waals surface area contributed by atoms with Crippen LogP contribution in [-0.4, -0.2) is 28.0 Å². The number of anilines is 4. The zero-order chi connectivity index (χ0) is 20.1. The summed E-state index contributed by atoms with van der Waals surface area (Å²) in [5.41, 5.74) is 0.795. The molecule has 10 heteroatoms. The van der Waals surface area contributed by atoms with E-state index in [1.54, 1.807) is 42.5 Å². The number of hydrogen-bond donors (Lipinski definition) is 2. The molecule has 0 saturated heterocycles. The summed E-state index contributed by atoms with van der Waals surface area (Å²) in [6.45, 7) is 0. The van der Waals surface area contributed by atoms with Crippen molar-refractivity contribution in [1.82, 2.24) is 9.97 Å². The molecule has 0 bridgehead atoms. The van der Waals surface area contributed by atoms with Gasteiger partial charge in [-0.1, -0.05) is 34.1 Å². The van der Waals surface area contributed by atoms with Crippen LogP contribution in [0, 0.1) is 10.1 Å². The lowest BCUT2D eigenvalue weighted by Gasteiger charge is -2.12. The van der Waals surface area contributed by atoms with Crippen molar-refractivity contribution in [3.8, 4) is 0 Å². The minimum atomic E-state index is -0.594. The van der Waals surface area contributed by atoms with Crippen LogP contribution >= 0.6 is 15.9 Å². The fraction of sp³-hybridized carbons (Fsp3) is 0.0556. The van der Waals surface area contributed by atoms with E-state index in [2.05, 4.69) is 36.5 Å². The predicted molar refractivity (Wildman–Crippen MR) is 107 cm³/mol. The van der Waals surface area contributed by atoms with Gasteiger partial charge in [0.15, 0.2) is 0 Å². The first-order valence-corrected chi connectivity index (χ1v) is 8.75. The number of hydrogen-bond acceptors (Lipinski definition) is 8. The van der Waals surface area contributed by atoms with Crippen LogP contribution in [0.25, 0.3) is 0 Å². The van der Waals surface area contributed by atoms with Crippen molar-refractivity contribution in [3.63, 3.8) is 0 Å². The minimum absolute atomic E-state index is 0.0103. The maximum atomic E-state index is 11.9. The van der Waals surface area contributed by atoms with Crippen LogP contribution in [0.1, 0.15) is 10.4 Å². The van der Waals surface area contributed by atoms with Gasteiger partial charge in [0.1, 0.15) is 6.33 Å². The zero-order valence-electron chi connectivity index (χ0n) is 14.5. The molecule has 28 heavy (non-hydrogen) atoms. The van der Waals surface area contributed by atoms with Gasteiger partial charge in [-0.05, 0) is 30.3 Å². The lowest BCUT2D eigenvalue weighted by Crippen LogP contribution is -2.09. The predicted octanol–water partition coefficient (Wildman–Crippen LogP) is 4.42. The third kappa shape index (κ3) is 4.23. The largest absolute Gasteiger partial charge is 0.465 e. The van der Waals surface area contributed by atoms with Crippen LogP contribution in [0.3, 0.4) is 0 Å². The number of carbonyl (C=O) groups excluding carboxylic acids is 1. The van der Waals surface area contributed by atoms with Crippen molar-refractivity contribution >= 4 is 50.6 Å². The fourth-order valence-corrected chi connectivity index (χ4v) is 2.84. The highest BCUT2D eigenvalue weighted by atomic mass is 79.9. The highest BCUT2D eigenvalue weighted by Crippen LogP contribution is 2.34. The zero-order valence-corrected chi connectivity index (χ0v) is 16.1. The number of ether oxygens (including phenoxy) is 1. The van der Waals surface area contributed by atoms with Crippen LogP contribution in [0.4, 0.5) is 28.7 Å². The Kier molecular flexibility index (Phi) is 5.80. The van der Waals surface area contributed by atoms with Crippen molar-refractivity contribution in [1.29, 1.82) is 0 Å². The van der Waals surface area contributed by atoms with Gasteiger partial charge >= 0.3 is 11.7 Å². The molecule has 3 aromatic rings. The molecule has 0 radical (unpaired) electrons. The Morgan fingerprint density at radius 2 is 1.82 bits per heavy atom. The second-order valence-electron chi connectivity index (χ2n) is 5.47. The van der Waals surface area contributed by atoms with Gasteiger partial charge < -0.3 is 15.4 Å². The Labute approximate surface area is 168 Å². The quantitative estimate of drug-likeness (QED) is 0.326. The molecule has 1 heterocycles. The highest BCUT2D eigenvalue weighted by molar-refractivity contribution is 9.10. The molecule has 0 amide bonds. The minimum Gasteiger partial charge on any atom is -0.465 e. The van der Waals surface area contributed by atoms with E-state index in [-0.39, 0.29) is 22.9 Å². The van der Waals surface area contributed by atoms with Crippen LogP contribution in [0.2, 0.25) is 0 Å². The summed E-state index contributed by atoms with van der Waals surface area (Å²) < 4.78 is 5.55. The first-order chi connectivity index (χ1) is 13.5. The number of nitrogens with one attached hydrogen (secondary N) is 2. The van der Waals surface area contributed by atoms with E-state index in [1.165, 1.54) is 13.4 Å². The molecule has 2 N–H and O–H groups in total. The van der Waals surface area contributed by atoms with Gasteiger partial charge in [-0.2, -0.15) is 0 Å². The van der Waals surface area contributed by atoms with Crippen molar-refractivity contribution in [2.45, 2.75) is 0 Å². The molecule has 0 spiro atoms. The van der Waals surface area contributed by atoms with Crippen molar-refractivity contribution in [3.05, 3.63) is 75.0 Å². The average molecular weight is 444 g/mol. The first kappa shape index (κ1) is 19.2. The van der Waals surface area contributed by atoms with Crippen molar-refractivity contribution in [2.24, 2.45) is 0 Å². The van der Waals surface area contributed by atoms with Gasteiger partial charge in [-0.3, -0.25) is 10.1 Å². The van der Waals surface area contributed by atoms with Gasteiger partial charge in [0.2, 0.25) is 11.6 Å². The van der Waals surface area contributed by atoms with Crippen molar-refractivity contribution in [2.75, 3.05) is 17.7 Å².